The molecule has 0 unspecified atom stereocenters. The molecule has 0 fully saturated rings. The lowest BCUT2D eigenvalue weighted by molar-refractivity contribution is -0.132. The number of benzene rings is 1. The average molecular weight is 331 g/mol. The van der Waals surface area contributed by atoms with Crippen LogP contribution in [0.1, 0.15) is 19.5 Å². The number of nitrogens with one attached hydrogen (secondary N) is 1. The lowest BCUT2D eigenvalue weighted by Gasteiger charge is -2.13. The molecule has 2 rings (SSSR count). The predicted molar refractivity (Wildman–Crippen MR) is 92.2 cm³/mol. The molecule has 1 N–H and O–H groups in total. The summed E-state index contributed by atoms with van der Waals surface area (Å²) in [5.74, 6) is -0.117. The van der Waals surface area contributed by atoms with Crippen molar-refractivity contribution in [3.63, 3.8) is 0 Å². The summed E-state index contributed by atoms with van der Waals surface area (Å²) in [6.07, 6.45) is 2.12. The third kappa shape index (κ3) is 5.79. The molecule has 1 heterocycles. The van der Waals surface area contributed by atoms with E-state index in [0.717, 1.165) is 11.4 Å². The molecule has 0 aliphatic rings. The molecule has 1 atom stereocenters. The number of nitrogens with zero attached hydrogens (tertiary/aromatic N) is 2. The fourth-order valence-electron chi connectivity index (χ4n) is 2.18. The quantitative estimate of drug-likeness (QED) is 0.676. The van der Waals surface area contributed by atoms with Crippen LogP contribution in [0.3, 0.4) is 0 Å². The SMILES string of the molecule is CCOCCO[C@H](C)C(=O)NCCc1ccn(-c2ccccc2)n1. The minimum absolute atomic E-state index is 0.117. The highest BCUT2D eigenvalue weighted by Crippen LogP contribution is 2.07. The fraction of sp³-hybridized carbons (Fsp3) is 0.444. The van der Waals surface area contributed by atoms with Crippen LogP contribution in [0, 0.1) is 0 Å². The van der Waals surface area contributed by atoms with Gasteiger partial charge in [-0.15, -0.1) is 0 Å². The maximum absolute atomic E-state index is 11.9. The number of hydrogen-bond acceptors (Lipinski definition) is 4. The molecule has 2 aromatic rings. The molecule has 24 heavy (non-hydrogen) atoms. The summed E-state index contributed by atoms with van der Waals surface area (Å²) in [6.45, 7) is 5.78. The van der Waals surface area contributed by atoms with Crippen LogP contribution in [0.15, 0.2) is 42.6 Å². The van der Waals surface area contributed by atoms with E-state index in [4.69, 9.17) is 9.47 Å². The van der Waals surface area contributed by atoms with Crippen molar-refractivity contribution in [2.24, 2.45) is 0 Å². The molecule has 6 nitrogen and oxygen atoms in total. The van der Waals surface area contributed by atoms with Crippen molar-refractivity contribution < 1.29 is 14.3 Å². The van der Waals surface area contributed by atoms with E-state index in [2.05, 4.69) is 10.4 Å². The van der Waals surface area contributed by atoms with Gasteiger partial charge in [0.2, 0.25) is 5.91 Å². The Kier molecular flexibility index (Phi) is 7.45. The Morgan fingerprint density at radius 1 is 1.25 bits per heavy atom. The smallest absolute Gasteiger partial charge is 0.248 e. The molecule has 130 valence electrons. The second-order valence-corrected chi connectivity index (χ2v) is 5.34. The number of carbonyl (C=O) groups is 1. The highest BCUT2D eigenvalue weighted by molar-refractivity contribution is 5.80. The minimum atomic E-state index is -0.479. The summed E-state index contributed by atoms with van der Waals surface area (Å²) < 4.78 is 12.4. The number of amides is 1. The summed E-state index contributed by atoms with van der Waals surface area (Å²) in [7, 11) is 0. The Hall–Kier alpha value is -2.18. The number of rotatable bonds is 10. The summed E-state index contributed by atoms with van der Waals surface area (Å²) >= 11 is 0. The molecule has 0 aliphatic heterocycles. The van der Waals surface area contributed by atoms with E-state index in [1.165, 1.54) is 0 Å². The van der Waals surface area contributed by atoms with Gasteiger partial charge in [-0.05, 0) is 32.0 Å². The molecule has 0 saturated carbocycles. The molecule has 1 amide bonds. The number of ether oxygens (including phenoxy) is 2. The van der Waals surface area contributed by atoms with Gasteiger partial charge >= 0.3 is 0 Å². The minimum Gasteiger partial charge on any atom is -0.379 e. The Morgan fingerprint density at radius 2 is 2.04 bits per heavy atom. The van der Waals surface area contributed by atoms with E-state index in [9.17, 15) is 4.79 Å². The zero-order valence-corrected chi connectivity index (χ0v) is 14.3. The van der Waals surface area contributed by atoms with E-state index >= 15 is 0 Å². The van der Waals surface area contributed by atoms with Crippen LogP contribution in [0.4, 0.5) is 0 Å². The van der Waals surface area contributed by atoms with E-state index in [0.29, 0.717) is 32.8 Å². The highest BCUT2D eigenvalue weighted by Gasteiger charge is 2.12. The molecule has 0 saturated heterocycles. The van der Waals surface area contributed by atoms with Crippen molar-refractivity contribution >= 4 is 5.91 Å². The standard InChI is InChI=1S/C18H25N3O3/c1-3-23-13-14-24-15(2)18(22)19-11-9-16-10-12-21(20-16)17-7-5-4-6-8-17/h4-8,10,12,15H,3,9,11,13-14H2,1-2H3,(H,19,22)/t15-/m1/s1. The highest BCUT2D eigenvalue weighted by atomic mass is 16.5. The fourth-order valence-corrected chi connectivity index (χ4v) is 2.18. The van der Waals surface area contributed by atoms with Crippen LogP contribution in [0.5, 0.6) is 0 Å². The van der Waals surface area contributed by atoms with Crippen molar-refractivity contribution in [3.05, 3.63) is 48.3 Å². The van der Waals surface area contributed by atoms with Crippen molar-refractivity contribution in [2.45, 2.75) is 26.4 Å². The average Bonchev–Trinajstić information content (AvgIpc) is 3.08. The normalized spacial score (nSPS) is 12.1. The van der Waals surface area contributed by atoms with Crippen LogP contribution in [0.25, 0.3) is 5.69 Å². The van der Waals surface area contributed by atoms with Gasteiger partial charge in [0.25, 0.3) is 0 Å². The van der Waals surface area contributed by atoms with Gasteiger partial charge in [0.1, 0.15) is 6.10 Å². The number of para-hydroxylation sites is 1. The number of carbonyl (C=O) groups excluding carboxylic acids is 1. The van der Waals surface area contributed by atoms with Crippen LogP contribution in [0.2, 0.25) is 0 Å². The Morgan fingerprint density at radius 3 is 2.79 bits per heavy atom. The Balaban J connectivity index is 1.70. The molecule has 1 aromatic heterocycles. The van der Waals surface area contributed by atoms with Crippen LogP contribution >= 0.6 is 0 Å². The van der Waals surface area contributed by atoms with Gasteiger partial charge in [0, 0.05) is 25.8 Å². The first-order valence-corrected chi connectivity index (χ1v) is 8.27. The number of aromatic nitrogens is 2. The summed E-state index contributed by atoms with van der Waals surface area (Å²) in [5.41, 5.74) is 1.95. The van der Waals surface area contributed by atoms with Crippen molar-refractivity contribution in [3.8, 4) is 5.69 Å². The molecule has 0 radical (unpaired) electrons. The van der Waals surface area contributed by atoms with Gasteiger partial charge in [-0.2, -0.15) is 5.10 Å². The van der Waals surface area contributed by atoms with Crippen LogP contribution < -0.4 is 5.32 Å². The van der Waals surface area contributed by atoms with Gasteiger partial charge in [-0.1, -0.05) is 18.2 Å². The summed E-state index contributed by atoms with van der Waals surface area (Å²) in [5, 5.41) is 7.38. The van der Waals surface area contributed by atoms with Gasteiger partial charge in [0.15, 0.2) is 0 Å². The summed E-state index contributed by atoms with van der Waals surface area (Å²) in [6, 6.07) is 11.9. The molecule has 0 aliphatic carbocycles. The molecule has 6 heteroatoms. The van der Waals surface area contributed by atoms with Gasteiger partial charge < -0.3 is 14.8 Å². The van der Waals surface area contributed by atoms with Gasteiger partial charge in [-0.3, -0.25) is 4.79 Å². The topological polar surface area (TPSA) is 65.4 Å². The maximum atomic E-state index is 11.9. The predicted octanol–water partition coefficient (Wildman–Crippen LogP) is 1.97. The maximum Gasteiger partial charge on any atom is 0.248 e. The van der Waals surface area contributed by atoms with E-state index in [1.54, 1.807) is 6.92 Å². The van der Waals surface area contributed by atoms with E-state index in [-0.39, 0.29) is 5.91 Å². The summed E-state index contributed by atoms with van der Waals surface area (Å²) in [4.78, 5) is 11.9. The molecule has 1 aromatic carbocycles. The zero-order valence-electron chi connectivity index (χ0n) is 14.3. The van der Waals surface area contributed by atoms with Gasteiger partial charge in [-0.25, -0.2) is 4.68 Å². The molecular weight excluding hydrogens is 306 g/mol. The third-order valence-electron chi connectivity index (χ3n) is 3.51. The number of hydrogen-bond donors (Lipinski definition) is 1. The first kappa shape index (κ1) is 18.2. The molecular formula is C18H25N3O3. The Bertz CT molecular complexity index is 613. The van der Waals surface area contributed by atoms with Crippen LogP contribution in [-0.4, -0.2) is 48.2 Å². The first-order valence-electron chi connectivity index (χ1n) is 8.27. The van der Waals surface area contributed by atoms with Crippen molar-refractivity contribution in [1.82, 2.24) is 15.1 Å². The van der Waals surface area contributed by atoms with E-state index < -0.39 is 6.10 Å². The first-order chi connectivity index (χ1) is 11.7. The lowest BCUT2D eigenvalue weighted by atomic mass is 10.3. The van der Waals surface area contributed by atoms with Crippen molar-refractivity contribution in [1.29, 1.82) is 0 Å². The van der Waals surface area contributed by atoms with Gasteiger partial charge in [0.05, 0.1) is 24.6 Å². The second-order valence-electron chi connectivity index (χ2n) is 5.34. The lowest BCUT2D eigenvalue weighted by Crippen LogP contribution is -2.36. The Labute approximate surface area is 142 Å². The van der Waals surface area contributed by atoms with Crippen LogP contribution in [-0.2, 0) is 20.7 Å². The van der Waals surface area contributed by atoms with Crippen molar-refractivity contribution in [2.75, 3.05) is 26.4 Å². The zero-order chi connectivity index (χ0) is 17.2. The largest absolute Gasteiger partial charge is 0.379 e. The monoisotopic (exact) mass is 331 g/mol. The third-order valence-corrected chi connectivity index (χ3v) is 3.51. The second kappa shape index (κ2) is 9.85. The molecule has 0 bridgehead atoms. The van der Waals surface area contributed by atoms with E-state index in [1.807, 2.05) is 54.2 Å². The molecule has 0 spiro atoms.